The largest absolute Gasteiger partial charge is 0.481 e. The second kappa shape index (κ2) is 7.62. The van der Waals surface area contributed by atoms with E-state index in [2.05, 4.69) is 22.7 Å². The first kappa shape index (κ1) is 17.3. The Bertz CT molecular complexity index is 1010. The average molecular weight is 358 g/mol. The fourth-order valence-corrected chi connectivity index (χ4v) is 3.43. The summed E-state index contributed by atoms with van der Waals surface area (Å²) in [6, 6.07) is 22.1. The van der Waals surface area contributed by atoms with Crippen molar-refractivity contribution in [2.24, 2.45) is 5.10 Å². The molecule has 1 amide bonds. The van der Waals surface area contributed by atoms with Crippen LogP contribution >= 0.6 is 0 Å². The molecule has 3 aromatic carbocycles. The van der Waals surface area contributed by atoms with Crippen molar-refractivity contribution in [3.05, 3.63) is 77.9 Å². The number of hydrogen-bond donors (Lipinski definition) is 1. The van der Waals surface area contributed by atoms with Crippen molar-refractivity contribution >= 4 is 22.4 Å². The Balaban J connectivity index is 1.43. The summed E-state index contributed by atoms with van der Waals surface area (Å²) in [6.07, 6.45) is 2.35. The summed E-state index contributed by atoms with van der Waals surface area (Å²) in [6.45, 7) is 1.74. The minimum Gasteiger partial charge on any atom is -0.481 e. The van der Waals surface area contributed by atoms with E-state index >= 15 is 0 Å². The number of carbonyl (C=O) groups excluding carboxylic acids is 1. The van der Waals surface area contributed by atoms with Crippen LogP contribution in [0.15, 0.2) is 71.8 Å². The zero-order valence-corrected chi connectivity index (χ0v) is 15.3. The van der Waals surface area contributed by atoms with Crippen molar-refractivity contribution in [2.45, 2.75) is 32.3 Å². The summed E-state index contributed by atoms with van der Waals surface area (Å²) in [7, 11) is 0. The molecule has 0 aromatic heterocycles. The summed E-state index contributed by atoms with van der Waals surface area (Å²) in [5, 5.41) is 6.60. The van der Waals surface area contributed by atoms with Crippen molar-refractivity contribution < 1.29 is 9.53 Å². The van der Waals surface area contributed by atoms with Gasteiger partial charge in [0.15, 0.2) is 6.10 Å². The Kier molecular flexibility index (Phi) is 4.88. The van der Waals surface area contributed by atoms with Gasteiger partial charge in [0.2, 0.25) is 0 Å². The van der Waals surface area contributed by atoms with Crippen LogP contribution in [0.4, 0.5) is 0 Å². The molecule has 4 rings (SSSR count). The van der Waals surface area contributed by atoms with Gasteiger partial charge in [0.05, 0.1) is 5.71 Å². The minimum atomic E-state index is -0.630. The van der Waals surface area contributed by atoms with Crippen molar-refractivity contribution in [3.63, 3.8) is 0 Å². The maximum atomic E-state index is 12.4. The lowest BCUT2D eigenvalue weighted by atomic mass is 9.90. The summed E-state index contributed by atoms with van der Waals surface area (Å²) < 4.78 is 5.81. The summed E-state index contributed by atoms with van der Waals surface area (Å²) in [5.41, 5.74) is 6.03. The molecule has 0 bridgehead atoms. The quantitative estimate of drug-likeness (QED) is 0.700. The Morgan fingerprint density at radius 3 is 2.67 bits per heavy atom. The van der Waals surface area contributed by atoms with Crippen molar-refractivity contribution in [2.75, 3.05) is 0 Å². The average Bonchev–Trinajstić information content (AvgIpc) is 2.71. The Hall–Kier alpha value is -3.14. The first-order valence-electron chi connectivity index (χ1n) is 9.31. The molecular weight excluding hydrogens is 336 g/mol. The lowest BCUT2D eigenvalue weighted by Crippen LogP contribution is -2.34. The summed E-state index contributed by atoms with van der Waals surface area (Å²) in [5.74, 6) is 0.422. The van der Waals surface area contributed by atoms with Crippen LogP contribution in [0.25, 0.3) is 10.8 Å². The van der Waals surface area contributed by atoms with Crippen LogP contribution in [-0.2, 0) is 11.2 Å². The number of carbonyl (C=O) groups is 1. The number of hydrogen-bond acceptors (Lipinski definition) is 3. The predicted octanol–water partition coefficient (Wildman–Crippen LogP) is 4.46. The highest BCUT2D eigenvalue weighted by molar-refractivity contribution is 6.03. The second-order valence-corrected chi connectivity index (χ2v) is 6.81. The number of nitrogens with zero attached hydrogens (tertiary/aromatic N) is 1. The molecule has 0 fully saturated rings. The SMILES string of the molecule is CC(Oc1ccc2ccccc2c1)C(=O)NN=C1CCCc2ccccc21. The van der Waals surface area contributed by atoms with Crippen molar-refractivity contribution in [1.82, 2.24) is 5.43 Å². The molecule has 0 aliphatic heterocycles. The van der Waals surface area contributed by atoms with Gasteiger partial charge in [-0.25, -0.2) is 5.43 Å². The zero-order valence-electron chi connectivity index (χ0n) is 15.3. The number of rotatable bonds is 4. The molecule has 3 aromatic rings. The van der Waals surface area contributed by atoms with Gasteiger partial charge in [-0.2, -0.15) is 5.10 Å². The summed E-state index contributed by atoms with van der Waals surface area (Å²) in [4.78, 5) is 12.4. The topological polar surface area (TPSA) is 50.7 Å². The van der Waals surface area contributed by atoms with E-state index in [1.807, 2.05) is 54.6 Å². The standard InChI is InChI=1S/C23H22N2O2/c1-16(27-20-14-13-17-7-2-3-9-19(17)15-20)23(26)25-24-22-12-6-10-18-8-4-5-11-21(18)22/h2-5,7-9,11,13-16H,6,10,12H2,1H3,(H,25,26). The number of amides is 1. The highest BCUT2D eigenvalue weighted by Crippen LogP contribution is 2.22. The van der Waals surface area contributed by atoms with E-state index in [4.69, 9.17) is 4.74 Å². The number of benzene rings is 3. The maximum absolute atomic E-state index is 12.4. The van der Waals surface area contributed by atoms with Crippen LogP contribution in [0, 0.1) is 0 Å². The number of ether oxygens (including phenoxy) is 1. The third-order valence-electron chi connectivity index (χ3n) is 4.89. The molecule has 1 atom stereocenters. The molecule has 1 unspecified atom stereocenters. The molecule has 0 heterocycles. The first-order chi connectivity index (χ1) is 13.2. The van der Waals surface area contributed by atoms with Crippen LogP contribution in [0.1, 0.15) is 30.9 Å². The number of nitrogens with one attached hydrogen (secondary N) is 1. The van der Waals surface area contributed by atoms with E-state index in [0.29, 0.717) is 5.75 Å². The number of aryl methyl sites for hydroxylation is 1. The van der Waals surface area contributed by atoms with Gasteiger partial charge in [-0.05, 0) is 54.7 Å². The normalized spacial score (nSPS) is 16.0. The Morgan fingerprint density at radius 2 is 1.78 bits per heavy atom. The zero-order chi connectivity index (χ0) is 18.6. The van der Waals surface area contributed by atoms with E-state index in [0.717, 1.165) is 41.3 Å². The van der Waals surface area contributed by atoms with Gasteiger partial charge in [0, 0.05) is 5.56 Å². The molecule has 0 spiro atoms. The van der Waals surface area contributed by atoms with Crippen LogP contribution < -0.4 is 10.2 Å². The molecule has 4 heteroatoms. The third kappa shape index (κ3) is 3.85. The van der Waals surface area contributed by atoms with Crippen LogP contribution in [0.2, 0.25) is 0 Å². The van der Waals surface area contributed by atoms with E-state index in [1.54, 1.807) is 6.92 Å². The molecule has 4 nitrogen and oxygen atoms in total. The van der Waals surface area contributed by atoms with Gasteiger partial charge in [-0.1, -0.05) is 54.6 Å². The monoisotopic (exact) mass is 358 g/mol. The predicted molar refractivity (Wildman–Crippen MR) is 108 cm³/mol. The fourth-order valence-electron chi connectivity index (χ4n) is 3.43. The molecule has 0 saturated carbocycles. The van der Waals surface area contributed by atoms with E-state index in [-0.39, 0.29) is 5.91 Å². The van der Waals surface area contributed by atoms with Gasteiger partial charge >= 0.3 is 0 Å². The first-order valence-corrected chi connectivity index (χ1v) is 9.31. The lowest BCUT2D eigenvalue weighted by Gasteiger charge is -2.18. The highest BCUT2D eigenvalue weighted by atomic mass is 16.5. The molecule has 136 valence electrons. The van der Waals surface area contributed by atoms with Gasteiger partial charge < -0.3 is 4.74 Å². The fraction of sp³-hybridized carbons (Fsp3) is 0.217. The molecule has 0 radical (unpaired) electrons. The van der Waals surface area contributed by atoms with E-state index < -0.39 is 6.10 Å². The highest BCUT2D eigenvalue weighted by Gasteiger charge is 2.17. The maximum Gasteiger partial charge on any atom is 0.280 e. The molecule has 1 aliphatic carbocycles. The van der Waals surface area contributed by atoms with Gasteiger partial charge in [0.1, 0.15) is 5.75 Å². The minimum absolute atomic E-state index is 0.251. The summed E-state index contributed by atoms with van der Waals surface area (Å²) >= 11 is 0. The molecule has 1 N–H and O–H groups in total. The van der Waals surface area contributed by atoms with Crippen molar-refractivity contribution in [1.29, 1.82) is 0 Å². The van der Waals surface area contributed by atoms with Gasteiger partial charge in [-0.15, -0.1) is 0 Å². The molecule has 27 heavy (non-hydrogen) atoms. The molecular formula is C23H22N2O2. The van der Waals surface area contributed by atoms with E-state index in [1.165, 1.54) is 5.56 Å². The Labute approximate surface area is 158 Å². The Morgan fingerprint density at radius 1 is 1.00 bits per heavy atom. The van der Waals surface area contributed by atoms with Crippen LogP contribution in [0.5, 0.6) is 5.75 Å². The van der Waals surface area contributed by atoms with Crippen LogP contribution in [0.3, 0.4) is 0 Å². The lowest BCUT2D eigenvalue weighted by molar-refractivity contribution is -0.127. The number of hydrazone groups is 1. The second-order valence-electron chi connectivity index (χ2n) is 6.81. The van der Waals surface area contributed by atoms with Crippen molar-refractivity contribution in [3.8, 4) is 5.75 Å². The molecule has 0 saturated heterocycles. The van der Waals surface area contributed by atoms with Gasteiger partial charge in [0.25, 0.3) is 5.91 Å². The van der Waals surface area contributed by atoms with Gasteiger partial charge in [-0.3, -0.25) is 4.79 Å². The number of fused-ring (bicyclic) bond motifs is 2. The van der Waals surface area contributed by atoms with E-state index in [9.17, 15) is 4.79 Å². The van der Waals surface area contributed by atoms with Crippen LogP contribution in [-0.4, -0.2) is 17.7 Å². The smallest absolute Gasteiger partial charge is 0.280 e. The third-order valence-corrected chi connectivity index (χ3v) is 4.89. The molecule has 1 aliphatic rings.